The number of ether oxygens (including phenoxy) is 2. The second-order valence-electron chi connectivity index (χ2n) is 16.0. The summed E-state index contributed by atoms with van der Waals surface area (Å²) in [5, 5.41) is 20.2. The molecule has 0 spiro atoms. The molecule has 54 heavy (non-hydrogen) atoms. The van der Waals surface area contributed by atoms with Gasteiger partial charge in [0.15, 0.2) is 0 Å². The Morgan fingerprint density at radius 3 is 1.98 bits per heavy atom. The zero-order valence-corrected chi connectivity index (χ0v) is 32.9. The standard InChI is InChI=1S/C42H58N4O8/c1-7-9-14-27(8-2)38(49)43-32-25-30(19-20-31(32)34-36(47)35(37(34)48)33-26(3)44-46(39(33)50)42(4,5)6)45(21-23-53-40(51)28-15-10-11-16-28)22-24-54-41(52)29-17-12-13-18-29/h19-20,25,27-29,47H,7-18,21-24H2,1-6H3,(H,43,49)/b35-33-. The van der Waals surface area contributed by atoms with Crippen LogP contribution < -0.4 is 10.2 Å². The Kier molecular flexibility index (Phi) is 13.4. The van der Waals surface area contributed by atoms with Crippen molar-refractivity contribution in [1.29, 1.82) is 0 Å². The zero-order chi connectivity index (χ0) is 39.2. The number of rotatable bonds is 16. The molecule has 2 amide bonds. The van der Waals surface area contributed by atoms with Crippen molar-refractivity contribution in [2.75, 3.05) is 36.5 Å². The van der Waals surface area contributed by atoms with Gasteiger partial charge in [-0.3, -0.25) is 24.0 Å². The summed E-state index contributed by atoms with van der Waals surface area (Å²) in [6, 6.07) is 5.18. The summed E-state index contributed by atoms with van der Waals surface area (Å²) in [5.74, 6) is -2.35. The molecule has 294 valence electrons. The maximum atomic E-state index is 13.9. The molecule has 1 aromatic rings. The molecule has 1 unspecified atom stereocenters. The maximum absolute atomic E-state index is 13.9. The highest BCUT2D eigenvalue weighted by Crippen LogP contribution is 2.43. The smallest absolute Gasteiger partial charge is 0.308 e. The van der Waals surface area contributed by atoms with Crippen molar-refractivity contribution in [2.24, 2.45) is 22.9 Å². The molecule has 1 aromatic carbocycles. The largest absolute Gasteiger partial charge is 0.506 e. The molecule has 12 heteroatoms. The molecule has 1 heterocycles. The van der Waals surface area contributed by atoms with E-state index in [0.717, 1.165) is 64.2 Å². The molecule has 2 fully saturated rings. The summed E-state index contributed by atoms with van der Waals surface area (Å²) in [4.78, 5) is 68.5. The fourth-order valence-corrected chi connectivity index (χ4v) is 7.83. The minimum atomic E-state index is -0.633. The van der Waals surface area contributed by atoms with Gasteiger partial charge in [0.25, 0.3) is 5.91 Å². The van der Waals surface area contributed by atoms with Gasteiger partial charge in [-0.05, 0) is 84.4 Å². The average molecular weight is 747 g/mol. The summed E-state index contributed by atoms with van der Waals surface area (Å²) in [6.45, 7) is 12.0. The predicted molar refractivity (Wildman–Crippen MR) is 208 cm³/mol. The van der Waals surface area contributed by atoms with E-state index in [0.29, 0.717) is 48.6 Å². The minimum absolute atomic E-state index is 0.00157. The van der Waals surface area contributed by atoms with E-state index in [1.165, 1.54) is 5.01 Å². The van der Waals surface area contributed by atoms with Crippen LogP contribution >= 0.6 is 0 Å². The Bertz CT molecular complexity index is 1670. The monoisotopic (exact) mass is 746 g/mol. The molecule has 0 radical (unpaired) electrons. The van der Waals surface area contributed by atoms with Crippen LogP contribution in [0.2, 0.25) is 0 Å². The van der Waals surface area contributed by atoms with Gasteiger partial charge in [0, 0.05) is 17.2 Å². The Balaban J connectivity index is 1.47. The van der Waals surface area contributed by atoms with Gasteiger partial charge in [0.1, 0.15) is 19.0 Å². The van der Waals surface area contributed by atoms with Crippen LogP contribution in [0.3, 0.4) is 0 Å². The molecule has 0 aromatic heterocycles. The highest BCUT2D eigenvalue weighted by Gasteiger charge is 2.45. The van der Waals surface area contributed by atoms with Crippen LogP contribution in [0, 0.1) is 17.8 Å². The Labute approximate surface area is 319 Å². The van der Waals surface area contributed by atoms with Crippen molar-refractivity contribution in [3.8, 4) is 0 Å². The van der Waals surface area contributed by atoms with Crippen molar-refractivity contribution >= 4 is 52.2 Å². The van der Waals surface area contributed by atoms with Crippen molar-refractivity contribution in [1.82, 2.24) is 5.01 Å². The molecular weight excluding hydrogens is 688 g/mol. The van der Waals surface area contributed by atoms with Gasteiger partial charge in [-0.25, -0.2) is 5.01 Å². The number of esters is 2. The number of carbonyl (C=O) groups is 5. The summed E-state index contributed by atoms with van der Waals surface area (Å²) in [6.07, 6.45) is 10.5. The van der Waals surface area contributed by atoms with E-state index in [1.54, 1.807) is 25.1 Å². The second-order valence-corrected chi connectivity index (χ2v) is 16.0. The molecule has 1 atom stereocenters. The van der Waals surface area contributed by atoms with Gasteiger partial charge in [-0.1, -0.05) is 52.4 Å². The average Bonchev–Trinajstić information content (AvgIpc) is 3.93. The molecule has 0 bridgehead atoms. The fourth-order valence-electron chi connectivity index (χ4n) is 7.83. The van der Waals surface area contributed by atoms with Crippen LogP contribution in [-0.4, -0.2) is 77.2 Å². The number of allylic oxidation sites excluding steroid dienone is 2. The van der Waals surface area contributed by atoms with Crippen LogP contribution in [0.4, 0.5) is 11.4 Å². The number of hydrogen-bond acceptors (Lipinski definition) is 10. The first-order valence-corrected chi connectivity index (χ1v) is 19.9. The van der Waals surface area contributed by atoms with Crippen LogP contribution in [0.1, 0.15) is 124 Å². The van der Waals surface area contributed by atoms with Crippen molar-refractivity contribution in [2.45, 2.75) is 124 Å². The van der Waals surface area contributed by atoms with E-state index in [1.807, 2.05) is 32.6 Å². The highest BCUT2D eigenvalue weighted by molar-refractivity contribution is 6.44. The number of carbonyl (C=O) groups excluding carboxylic acids is 5. The topological polar surface area (TPSA) is 155 Å². The Hall–Kier alpha value is -4.48. The predicted octanol–water partition coefficient (Wildman–Crippen LogP) is 7.28. The van der Waals surface area contributed by atoms with Crippen LogP contribution in [-0.2, 0) is 33.4 Å². The summed E-state index contributed by atoms with van der Waals surface area (Å²) in [7, 11) is 0. The van der Waals surface area contributed by atoms with E-state index in [9.17, 15) is 29.1 Å². The third kappa shape index (κ3) is 9.06. The lowest BCUT2D eigenvalue weighted by Crippen LogP contribution is -2.40. The normalized spacial score (nSPS) is 20.0. The highest BCUT2D eigenvalue weighted by atomic mass is 16.5. The molecule has 1 aliphatic heterocycles. The summed E-state index contributed by atoms with van der Waals surface area (Å²) < 4.78 is 11.4. The van der Waals surface area contributed by atoms with Gasteiger partial charge in [-0.15, -0.1) is 0 Å². The number of aliphatic hydroxyl groups is 1. The van der Waals surface area contributed by atoms with Gasteiger partial charge >= 0.3 is 11.9 Å². The first kappa shape index (κ1) is 40.7. The number of nitrogens with zero attached hydrogens (tertiary/aromatic N) is 3. The van der Waals surface area contributed by atoms with Crippen molar-refractivity contribution < 1.29 is 38.6 Å². The number of nitrogens with one attached hydrogen (secondary N) is 1. The second kappa shape index (κ2) is 17.8. The lowest BCUT2D eigenvalue weighted by molar-refractivity contribution is -0.148. The number of anilines is 2. The molecule has 4 aliphatic rings. The summed E-state index contributed by atoms with van der Waals surface area (Å²) in [5.41, 5.74) is 0.962. The summed E-state index contributed by atoms with van der Waals surface area (Å²) >= 11 is 0. The molecule has 3 aliphatic carbocycles. The zero-order valence-electron chi connectivity index (χ0n) is 32.9. The molecule has 2 N–H and O–H groups in total. The van der Waals surface area contributed by atoms with Crippen LogP contribution in [0.25, 0.3) is 5.57 Å². The van der Waals surface area contributed by atoms with Gasteiger partial charge in [-0.2, -0.15) is 5.10 Å². The maximum Gasteiger partial charge on any atom is 0.308 e. The fraction of sp³-hybridized carbons (Fsp3) is 0.619. The first-order valence-electron chi connectivity index (χ1n) is 19.9. The van der Waals surface area contributed by atoms with Crippen molar-refractivity contribution in [3.05, 3.63) is 40.7 Å². The molecule has 2 saturated carbocycles. The van der Waals surface area contributed by atoms with Gasteiger partial charge < -0.3 is 24.8 Å². The minimum Gasteiger partial charge on any atom is -0.506 e. The Morgan fingerprint density at radius 2 is 1.50 bits per heavy atom. The number of aliphatic hydroxyl groups excluding tert-OH is 1. The lowest BCUT2D eigenvalue weighted by Gasteiger charge is -2.29. The Morgan fingerprint density at radius 1 is 0.926 bits per heavy atom. The number of hydrogen-bond donors (Lipinski definition) is 2. The number of unbranched alkanes of at least 4 members (excludes halogenated alkanes) is 1. The third-order valence-corrected chi connectivity index (χ3v) is 11.1. The first-order chi connectivity index (χ1) is 25.8. The van der Waals surface area contributed by atoms with Crippen LogP contribution in [0.5, 0.6) is 0 Å². The van der Waals surface area contributed by atoms with Gasteiger partial charge in [0.05, 0.1) is 58.6 Å². The van der Waals surface area contributed by atoms with E-state index in [4.69, 9.17) is 9.47 Å². The van der Waals surface area contributed by atoms with Crippen LogP contribution in [0.15, 0.2) is 40.2 Å². The number of benzene rings is 1. The van der Waals surface area contributed by atoms with E-state index in [2.05, 4.69) is 17.3 Å². The van der Waals surface area contributed by atoms with E-state index in [-0.39, 0.29) is 71.3 Å². The van der Waals surface area contributed by atoms with Crippen molar-refractivity contribution in [3.63, 3.8) is 0 Å². The quantitative estimate of drug-likeness (QED) is 0.131. The lowest BCUT2D eigenvalue weighted by atomic mass is 9.79. The molecule has 5 rings (SSSR count). The number of Topliss-reactive ketones (excluding diaryl/α,β-unsaturated/α-hetero) is 1. The number of ketones is 1. The molecular formula is C42H58N4O8. The SMILES string of the molecule is CCCCC(CC)C(=O)Nc1cc(N(CCOC(=O)C2CCCC2)CCOC(=O)C2CCCC2)ccc1C1=C(O)/C(=C2/C(=O)N(C(C)(C)C)N=C2C)C1=O. The third-order valence-electron chi connectivity index (χ3n) is 11.1. The molecule has 0 saturated heterocycles. The number of hydrazone groups is 1. The van der Waals surface area contributed by atoms with Gasteiger partial charge in [0.2, 0.25) is 11.7 Å². The molecule has 12 nitrogen and oxygen atoms in total. The van der Waals surface area contributed by atoms with E-state index < -0.39 is 17.2 Å². The number of amides is 2. The van der Waals surface area contributed by atoms with E-state index >= 15 is 0 Å².